The maximum absolute atomic E-state index is 13.2. The third kappa shape index (κ3) is 3.77. The Kier molecular flexibility index (Phi) is 5.14. The van der Waals surface area contributed by atoms with E-state index in [1.807, 2.05) is 28.8 Å². The van der Waals surface area contributed by atoms with E-state index in [0.717, 1.165) is 47.1 Å². The number of carbonyl (C=O) groups is 1. The molecular weight excluding hydrogens is 395 g/mol. The number of halogens is 1. The van der Waals surface area contributed by atoms with Gasteiger partial charge in [0.2, 0.25) is 10.0 Å². The van der Waals surface area contributed by atoms with Crippen LogP contribution in [0, 0.1) is 5.82 Å². The highest BCUT2D eigenvalue weighted by molar-refractivity contribution is 7.89. The number of aryl methyl sites for hydroxylation is 2. The number of hydrogen-bond donors (Lipinski definition) is 2. The number of hydrogen-bond acceptors (Lipinski definition) is 3. The number of aliphatic carboxylic acids is 1. The van der Waals surface area contributed by atoms with Crippen molar-refractivity contribution in [1.82, 2.24) is 9.29 Å². The van der Waals surface area contributed by atoms with Crippen LogP contribution in [0.1, 0.15) is 36.6 Å². The molecule has 0 amide bonds. The molecule has 1 aliphatic carbocycles. The average Bonchev–Trinajstić information content (AvgIpc) is 3.01. The smallest absolute Gasteiger partial charge is 0.305 e. The fraction of sp³-hybridized carbons (Fsp3) is 0.286. The molecule has 3 aromatic rings. The van der Waals surface area contributed by atoms with Crippen molar-refractivity contribution in [1.29, 1.82) is 0 Å². The number of aromatic nitrogens is 1. The van der Waals surface area contributed by atoms with Crippen LogP contribution >= 0.6 is 0 Å². The minimum atomic E-state index is -3.85. The molecule has 0 radical (unpaired) electrons. The zero-order valence-corrected chi connectivity index (χ0v) is 16.5. The molecule has 0 saturated carbocycles. The minimum Gasteiger partial charge on any atom is -0.481 e. The van der Waals surface area contributed by atoms with Gasteiger partial charge in [0.1, 0.15) is 5.82 Å². The molecule has 1 heterocycles. The van der Waals surface area contributed by atoms with Gasteiger partial charge in [0, 0.05) is 23.1 Å². The summed E-state index contributed by atoms with van der Waals surface area (Å²) in [5.74, 6) is -1.41. The van der Waals surface area contributed by atoms with Gasteiger partial charge in [-0.3, -0.25) is 4.79 Å². The van der Waals surface area contributed by atoms with Crippen molar-refractivity contribution in [2.45, 2.75) is 43.2 Å². The molecule has 1 aromatic heterocycles. The number of para-hydroxylation sites is 1. The lowest BCUT2D eigenvalue weighted by molar-refractivity contribution is -0.137. The molecule has 0 fully saturated rings. The first-order chi connectivity index (χ1) is 13.9. The van der Waals surface area contributed by atoms with E-state index >= 15 is 0 Å². The summed E-state index contributed by atoms with van der Waals surface area (Å²) in [4.78, 5) is 11.2. The monoisotopic (exact) mass is 416 g/mol. The Morgan fingerprint density at radius 3 is 2.62 bits per heavy atom. The summed E-state index contributed by atoms with van der Waals surface area (Å²) in [5, 5.41) is 10.2. The van der Waals surface area contributed by atoms with Crippen LogP contribution in [0.25, 0.3) is 10.9 Å². The van der Waals surface area contributed by atoms with Gasteiger partial charge in [-0.2, -0.15) is 0 Å². The predicted octanol–water partition coefficient (Wildman–Crippen LogP) is 3.61. The largest absolute Gasteiger partial charge is 0.481 e. The van der Waals surface area contributed by atoms with Crippen LogP contribution in [-0.4, -0.2) is 24.1 Å². The maximum atomic E-state index is 13.2. The van der Waals surface area contributed by atoms with Gasteiger partial charge >= 0.3 is 5.97 Å². The second-order valence-corrected chi connectivity index (χ2v) is 8.91. The fourth-order valence-electron chi connectivity index (χ4n) is 4.11. The van der Waals surface area contributed by atoms with Gasteiger partial charge < -0.3 is 9.67 Å². The maximum Gasteiger partial charge on any atom is 0.305 e. The van der Waals surface area contributed by atoms with Gasteiger partial charge in [-0.15, -0.1) is 0 Å². The second kappa shape index (κ2) is 7.61. The molecule has 2 N–H and O–H groups in total. The van der Waals surface area contributed by atoms with Gasteiger partial charge in [0.05, 0.1) is 17.4 Å². The summed E-state index contributed by atoms with van der Waals surface area (Å²) in [5.41, 5.74) is 2.79. The fourth-order valence-corrected chi connectivity index (χ4v) is 5.34. The van der Waals surface area contributed by atoms with Crippen molar-refractivity contribution in [3.05, 3.63) is 65.6 Å². The topological polar surface area (TPSA) is 88.4 Å². The molecule has 0 aliphatic heterocycles. The molecule has 0 spiro atoms. The van der Waals surface area contributed by atoms with Crippen LogP contribution < -0.4 is 4.72 Å². The Hall–Kier alpha value is -2.71. The van der Waals surface area contributed by atoms with Gasteiger partial charge in [-0.25, -0.2) is 17.5 Å². The number of sulfonamides is 1. The summed E-state index contributed by atoms with van der Waals surface area (Å²) in [7, 11) is -3.85. The first-order valence-corrected chi connectivity index (χ1v) is 10.9. The SMILES string of the molecule is O=C(O)CCn1c2c(c3ccccc31)CCC[C@H]2NS(=O)(=O)c1ccc(F)cc1. The summed E-state index contributed by atoms with van der Waals surface area (Å²) < 4.78 is 43.6. The van der Waals surface area contributed by atoms with E-state index < -0.39 is 27.9 Å². The standard InChI is InChI=1S/C21H21FN2O4S/c22-14-8-10-15(11-9-14)29(27,28)23-18-6-3-5-17-16-4-1-2-7-19(16)24(21(17)18)13-12-20(25)26/h1-2,4,7-11,18,23H,3,5-6,12-13H2,(H,25,26)/t18-/m1/s1. The molecule has 1 atom stereocenters. The molecule has 6 nitrogen and oxygen atoms in total. The van der Waals surface area contributed by atoms with E-state index in [9.17, 15) is 17.6 Å². The zero-order chi connectivity index (χ0) is 20.6. The quantitative estimate of drug-likeness (QED) is 0.643. The summed E-state index contributed by atoms with van der Waals surface area (Å²) in [6.45, 7) is 0.264. The molecule has 0 unspecified atom stereocenters. The van der Waals surface area contributed by atoms with E-state index in [0.29, 0.717) is 6.42 Å². The summed E-state index contributed by atoms with van der Waals surface area (Å²) in [6, 6.07) is 12.0. The number of carboxylic acids is 1. The van der Waals surface area contributed by atoms with Crippen molar-refractivity contribution in [3.8, 4) is 0 Å². The Labute approximate surface area is 168 Å². The van der Waals surface area contributed by atoms with Crippen LogP contribution in [0.4, 0.5) is 4.39 Å². The molecule has 0 saturated heterocycles. The van der Waals surface area contributed by atoms with Crippen LogP contribution in [0.15, 0.2) is 53.4 Å². The molecule has 4 rings (SSSR count). The van der Waals surface area contributed by atoms with E-state index in [2.05, 4.69) is 4.72 Å². The van der Waals surface area contributed by atoms with E-state index in [1.165, 1.54) is 12.1 Å². The van der Waals surface area contributed by atoms with Gasteiger partial charge in [-0.1, -0.05) is 18.2 Å². The number of benzene rings is 2. The van der Waals surface area contributed by atoms with E-state index in [4.69, 9.17) is 5.11 Å². The summed E-state index contributed by atoms with van der Waals surface area (Å²) in [6.07, 6.45) is 2.18. The highest BCUT2D eigenvalue weighted by atomic mass is 32.2. The van der Waals surface area contributed by atoms with Crippen LogP contribution in [0.5, 0.6) is 0 Å². The molecule has 8 heteroatoms. The second-order valence-electron chi connectivity index (χ2n) is 7.20. The molecule has 29 heavy (non-hydrogen) atoms. The first-order valence-electron chi connectivity index (χ1n) is 9.46. The molecule has 1 aliphatic rings. The molecule has 0 bridgehead atoms. The Balaban J connectivity index is 1.77. The van der Waals surface area contributed by atoms with Gasteiger partial charge in [0.15, 0.2) is 0 Å². The van der Waals surface area contributed by atoms with Crippen LogP contribution in [0.3, 0.4) is 0 Å². The van der Waals surface area contributed by atoms with Gasteiger partial charge in [-0.05, 0) is 55.2 Å². The van der Waals surface area contributed by atoms with Crippen LogP contribution in [-0.2, 0) is 27.8 Å². The summed E-state index contributed by atoms with van der Waals surface area (Å²) >= 11 is 0. The van der Waals surface area contributed by atoms with Crippen molar-refractivity contribution in [2.75, 3.05) is 0 Å². The lowest BCUT2D eigenvalue weighted by Gasteiger charge is -2.26. The Morgan fingerprint density at radius 2 is 1.90 bits per heavy atom. The van der Waals surface area contributed by atoms with E-state index in [-0.39, 0.29) is 17.9 Å². The number of rotatable bonds is 6. The minimum absolute atomic E-state index is 0.000722. The van der Waals surface area contributed by atoms with Crippen molar-refractivity contribution in [3.63, 3.8) is 0 Å². The highest BCUT2D eigenvalue weighted by Crippen LogP contribution is 2.38. The van der Waals surface area contributed by atoms with Crippen molar-refractivity contribution in [2.24, 2.45) is 0 Å². The van der Waals surface area contributed by atoms with Crippen molar-refractivity contribution < 1.29 is 22.7 Å². The van der Waals surface area contributed by atoms with Crippen LogP contribution in [0.2, 0.25) is 0 Å². The lowest BCUT2D eigenvalue weighted by atomic mass is 9.92. The lowest BCUT2D eigenvalue weighted by Crippen LogP contribution is -2.32. The first kappa shape index (κ1) is 19.6. The third-order valence-corrected chi connectivity index (χ3v) is 6.83. The predicted molar refractivity (Wildman–Crippen MR) is 107 cm³/mol. The number of fused-ring (bicyclic) bond motifs is 3. The number of nitrogens with zero attached hydrogens (tertiary/aromatic N) is 1. The highest BCUT2D eigenvalue weighted by Gasteiger charge is 2.31. The van der Waals surface area contributed by atoms with Crippen molar-refractivity contribution >= 4 is 26.9 Å². The number of carboxylic acid groups (broad SMARTS) is 1. The molecule has 152 valence electrons. The molecular formula is C21H21FN2O4S. The van der Waals surface area contributed by atoms with Gasteiger partial charge in [0.25, 0.3) is 0 Å². The number of nitrogens with one attached hydrogen (secondary N) is 1. The zero-order valence-electron chi connectivity index (χ0n) is 15.6. The third-order valence-electron chi connectivity index (χ3n) is 5.34. The van der Waals surface area contributed by atoms with E-state index in [1.54, 1.807) is 0 Å². The average molecular weight is 416 g/mol. The Bertz CT molecular complexity index is 1170. The Morgan fingerprint density at radius 1 is 1.17 bits per heavy atom. The molecule has 2 aromatic carbocycles. The normalized spacial score (nSPS) is 16.7.